The number of carboxylic acids is 1. The third-order valence-corrected chi connectivity index (χ3v) is 3.37. The van der Waals surface area contributed by atoms with Crippen molar-refractivity contribution in [2.75, 3.05) is 13.7 Å². The average Bonchev–Trinajstić information content (AvgIpc) is 2.81. The molecule has 1 aliphatic heterocycles. The minimum atomic E-state index is -1.10. The number of amides is 2. The number of rotatable bonds is 3. The van der Waals surface area contributed by atoms with Crippen molar-refractivity contribution in [3.8, 4) is 0 Å². The molecule has 1 rings (SSSR count). The van der Waals surface area contributed by atoms with E-state index in [2.05, 4.69) is 10.1 Å². The summed E-state index contributed by atoms with van der Waals surface area (Å²) in [6.07, 6.45) is 1.23. The molecule has 7 nitrogen and oxygen atoms in total. The molecular formula is C13H22N2O5. The molecule has 0 spiro atoms. The van der Waals surface area contributed by atoms with Gasteiger partial charge in [-0.05, 0) is 18.3 Å². The van der Waals surface area contributed by atoms with Gasteiger partial charge in [-0.15, -0.1) is 0 Å². The second-order valence-electron chi connectivity index (χ2n) is 5.96. The molecule has 2 N–H and O–H groups in total. The third-order valence-electron chi connectivity index (χ3n) is 3.37. The van der Waals surface area contributed by atoms with E-state index in [0.29, 0.717) is 19.4 Å². The molecule has 0 saturated carbocycles. The van der Waals surface area contributed by atoms with Gasteiger partial charge in [-0.25, -0.2) is 14.4 Å². The minimum absolute atomic E-state index is 0.419. The van der Waals surface area contributed by atoms with E-state index in [0.717, 1.165) is 0 Å². The summed E-state index contributed by atoms with van der Waals surface area (Å²) in [6, 6.07) is -2.19. The van der Waals surface area contributed by atoms with Crippen LogP contribution in [0, 0.1) is 5.41 Å². The minimum Gasteiger partial charge on any atom is -0.480 e. The van der Waals surface area contributed by atoms with E-state index in [4.69, 9.17) is 0 Å². The molecule has 1 saturated heterocycles. The third kappa shape index (κ3) is 3.61. The molecule has 0 aromatic carbocycles. The van der Waals surface area contributed by atoms with Crippen molar-refractivity contribution < 1.29 is 24.2 Å². The average molecular weight is 286 g/mol. The molecule has 0 aromatic heterocycles. The van der Waals surface area contributed by atoms with Crippen LogP contribution in [0.1, 0.15) is 33.6 Å². The Morgan fingerprint density at radius 1 is 1.35 bits per heavy atom. The lowest BCUT2D eigenvalue weighted by molar-refractivity contribution is -0.144. The highest BCUT2D eigenvalue weighted by Crippen LogP contribution is 2.22. The standard InChI is InChI=1S/C13H22N2O5/c1-13(2,3)9(10(16)17)14-12(19)15-7-5-6-8(15)11(18)20-4/h8-9H,5-7H2,1-4H3,(H,14,19)(H,16,17)/t8?,9-/m1/s1. The monoisotopic (exact) mass is 286 g/mol. The Hall–Kier alpha value is -1.79. The molecule has 0 aromatic rings. The Bertz CT molecular complexity index is 402. The largest absolute Gasteiger partial charge is 0.480 e. The zero-order valence-corrected chi connectivity index (χ0v) is 12.3. The molecule has 2 atom stereocenters. The van der Waals surface area contributed by atoms with Crippen LogP contribution in [0.25, 0.3) is 0 Å². The maximum Gasteiger partial charge on any atom is 0.328 e. The summed E-state index contributed by atoms with van der Waals surface area (Å²) in [4.78, 5) is 36.4. The number of carboxylic acid groups (broad SMARTS) is 1. The lowest BCUT2D eigenvalue weighted by atomic mass is 9.87. The summed E-state index contributed by atoms with van der Waals surface area (Å²) >= 11 is 0. The molecule has 7 heteroatoms. The Kier molecular flexibility index (Phi) is 4.97. The molecule has 0 bridgehead atoms. The predicted octanol–water partition coefficient (Wildman–Crippen LogP) is 0.833. The van der Waals surface area contributed by atoms with E-state index in [1.54, 1.807) is 20.8 Å². The highest BCUT2D eigenvalue weighted by Gasteiger charge is 2.39. The topological polar surface area (TPSA) is 95.9 Å². The van der Waals surface area contributed by atoms with Crippen LogP contribution in [-0.4, -0.2) is 53.7 Å². The van der Waals surface area contributed by atoms with Crippen molar-refractivity contribution in [3.63, 3.8) is 0 Å². The summed E-state index contributed by atoms with van der Waals surface area (Å²) in [5, 5.41) is 11.7. The number of nitrogens with zero attached hydrogens (tertiary/aromatic N) is 1. The van der Waals surface area contributed by atoms with Gasteiger partial charge in [-0.2, -0.15) is 0 Å². The summed E-state index contributed by atoms with van der Waals surface area (Å²) in [7, 11) is 1.27. The van der Waals surface area contributed by atoms with Crippen LogP contribution < -0.4 is 5.32 Å². The Morgan fingerprint density at radius 3 is 2.40 bits per heavy atom. The molecule has 0 radical (unpaired) electrons. The van der Waals surface area contributed by atoms with E-state index in [9.17, 15) is 19.5 Å². The molecule has 114 valence electrons. The quantitative estimate of drug-likeness (QED) is 0.749. The SMILES string of the molecule is COC(=O)C1CCCN1C(=O)N[C@H](C(=O)O)C(C)(C)C. The van der Waals surface area contributed by atoms with Crippen molar-refractivity contribution in [2.45, 2.75) is 45.7 Å². The molecule has 1 unspecified atom stereocenters. The first-order chi connectivity index (χ1) is 9.18. The molecule has 0 aliphatic carbocycles. The molecule has 1 fully saturated rings. The maximum absolute atomic E-state index is 12.2. The lowest BCUT2D eigenvalue weighted by Gasteiger charge is -2.31. The molecule has 20 heavy (non-hydrogen) atoms. The van der Waals surface area contributed by atoms with Gasteiger partial charge in [0.25, 0.3) is 0 Å². The number of carbonyl (C=O) groups is 3. The van der Waals surface area contributed by atoms with Gasteiger partial charge in [0.1, 0.15) is 12.1 Å². The molecule has 1 aliphatic rings. The number of urea groups is 1. The second-order valence-corrected chi connectivity index (χ2v) is 5.96. The van der Waals surface area contributed by atoms with Gasteiger partial charge in [0.05, 0.1) is 7.11 Å². The number of nitrogens with one attached hydrogen (secondary N) is 1. The van der Waals surface area contributed by atoms with Gasteiger partial charge in [-0.3, -0.25) is 0 Å². The van der Waals surface area contributed by atoms with Crippen molar-refractivity contribution in [2.24, 2.45) is 5.41 Å². The zero-order chi connectivity index (χ0) is 15.5. The maximum atomic E-state index is 12.2. The summed E-state index contributed by atoms with van der Waals surface area (Å²) < 4.78 is 4.66. The van der Waals surface area contributed by atoms with Crippen LogP contribution in [0.3, 0.4) is 0 Å². The van der Waals surface area contributed by atoms with E-state index < -0.39 is 35.5 Å². The van der Waals surface area contributed by atoms with Gasteiger partial charge in [-0.1, -0.05) is 20.8 Å². The Balaban J connectivity index is 2.79. The van der Waals surface area contributed by atoms with Gasteiger partial charge < -0.3 is 20.1 Å². The fourth-order valence-corrected chi connectivity index (χ4v) is 2.25. The van der Waals surface area contributed by atoms with Crippen LogP contribution in [0.5, 0.6) is 0 Å². The van der Waals surface area contributed by atoms with Gasteiger partial charge in [0.2, 0.25) is 0 Å². The fourth-order valence-electron chi connectivity index (χ4n) is 2.25. The van der Waals surface area contributed by atoms with E-state index >= 15 is 0 Å². The molecule has 1 heterocycles. The number of hydrogen-bond donors (Lipinski definition) is 2. The van der Waals surface area contributed by atoms with Crippen molar-refractivity contribution >= 4 is 18.0 Å². The molecule has 2 amide bonds. The van der Waals surface area contributed by atoms with Gasteiger partial charge in [0.15, 0.2) is 0 Å². The number of methoxy groups -OCH3 is 1. The van der Waals surface area contributed by atoms with Crippen LogP contribution in [0.15, 0.2) is 0 Å². The molecular weight excluding hydrogens is 264 g/mol. The fraction of sp³-hybridized carbons (Fsp3) is 0.769. The number of carbonyl (C=O) groups excluding carboxylic acids is 2. The number of hydrogen-bond acceptors (Lipinski definition) is 4. The van der Waals surface area contributed by atoms with Crippen LogP contribution in [-0.2, 0) is 14.3 Å². The van der Waals surface area contributed by atoms with E-state index in [1.807, 2.05) is 0 Å². The lowest BCUT2D eigenvalue weighted by Crippen LogP contribution is -2.55. The second kappa shape index (κ2) is 6.11. The Morgan fingerprint density at radius 2 is 1.95 bits per heavy atom. The number of ether oxygens (including phenoxy) is 1. The highest BCUT2D eigenvalue weighted by atomic mass is 16.5. The van der Waals surface area contributed by atoms with Gasteiger partial charge >= 0.3 is 18.0 Å². The smallest absolute Gasteiger partial charge is 0.328 e. The van der Waals surface area contributed by atoms with Crippen LogP contribution in [0.4, 0.5) is 4.79 Å². The van der Waals surface area contributed by atoms with Gasteiger partial charge in [0, 0.05) is 6.54 Å². The van der Waals surface area contributed by atoms with Crippen LogP contribution in [0.2, 0.25) is 0 Å². The van der Waals surface area contributed by atoms with Crippen molar-refractivity contribution in [1.29, 1.82) is 0 Å². The first kappa shape index (κ1) is 16.3. The normalized spacial score (nSPS) is 20.4. The van der Waals surface area contributed by atoms with E-state index in [1.165, 1.54) is 12.0 Å². The number of likely N-dealkylation sites (tertiary alicyclic amines) is 1. The number of esters is 1. The highest BCUT2D eigenvalue weighted by molar-refractivity contribution is 5.87. The number of aliphatic carboxylic acids is 1. The zero-order valence-electron chi connectivity index (χ0n) is 12.3. The summed E-state index contributed by atoms with van der Waals surface area (Å²) in [5.74, 6) is -1.57. The van der Waals surface area contributed by atoms with E-state index in [-0.39, 0.29) is 0 Å². The van der Waals surface area contributed by atoms with Crippen molar-refractivity contribution in [3.05, 3.63) is 0 Å². The first-order valence-electron chi connectivity index (χ1n) is 6.56. The summed E-state index contributed by atoms with van der Waals surface area (Å²) in [5.41, 5.74) is -0.623. The first-order valence-corrected chi connectivity index (χ1v) is 6.56. The predicted molar refractivity (Wildman–Crippen MR) is 71.2 cm³/mol. The van der Waals surface area contributed by atoms with Crippen LogP contribution >= 0.6 is 0 Å². The summed E-state index contributed by atoms with van der Waals surface area (Å²) in [6.45, 7) is 5.61. The Labute approximate surface area is 118 Å². The van der Waals surface area contributed by atoms with Crippen molar-refractivity contribution in [1.82, 2.24) is 10.2 Å².